The van der Waals surface area contributed by atoms with Crippen molar-refractivity contribution in [1.82, 2.24) is 0 Å². The first kappa shape index (κ1) is 8.32. The Hall–Kier alpha value is -0.781. The topological polar surface area (TPSA) is 51.0 Å². The Bertz CT molecular complexity index is 250. The predicted molar refractivity (Wildman–Crippen MR) is 39.8 cm³/mol. The fourth-order valence-electron chi connectivity index (χ4n) is 0.571. The summed E-state index contributed by atoms with van der Waals surface area (Å²) in [6.45, 7) is 0. The van der Waals surface area contributed by atoms with Crippen LogP contribution in [0.15, 0.2) is 38.9 Å². The van der Waals surface area contributed by atoms with Crippen molar-refractivity contribution in [2.75, 3.05) is 0 Å². The fourth-order valence-corrected chi connectivity index (χ4v) is 0.816. The van der Waals surface area contributed by atoms with Crippen LogP contribution in [0.1, 0.15) is 0 Å². The van der Waals surface area contributed by atoms with E-state index in [1.165, 1.54) is 0 Å². The molecule has 4 nitrogen and oxygen atoms in total. The second-order valence-corrected chi connectivity index (χ2v) is 2.97. The zero-order chi connectivity index (χ0) is 7.94. The Labute approximate surface area is 74.2 Å². The third-order valence-electron chi connectivity index (χ3n) is 0.984. The number of hydrogen-bond donors (Lipinski definition) is 0. The van der Waals surface area contributed by atoms with Crippen LogP contribution in [0.25, 0.3) is 0 Å². The molecule has 0 spiro atoms. The van der Waals surface area contributed by atoms with Crippen LogP contribution in [0.3, 0.4) is 0 Å². The quantitative estimate of drug-likeness (QED) is 0.463. The van der Waals surface area contributed by atoms with Crippen LogP contribution in [-0.4, -0.2) is 21.4 Å². The molecule has 5 heteroatoms. The summed E-state index contributed by atoms with van der Waals surface area (Å²) in [5, 5.41) is 3.26. The van der Waals surface area contributed by atoms with Crippen molar-refractivity contribution in [3.63, 3.8) is 0 Å². The van der Waals surface area contributed by atoms with Crippen molar-refractivity contribution < 1.29 is 7.91 Å². The van der Waals surface area contributed by atoms with Gasteiger partial charge in [-0.1, -0.05) is 0 Å². The summed E-state index contributed by atoms with van der Waals surface area (Å²) in [7, 11) is 0. The Morgan fingerprint density at radius 1 is 1.27 bits per heavy atom. The number of rotatable bonds is 3. The van der Waals surface area contributed by atoms with E-state index in [9.17, 15) is 3.08 Å². The normalized spacial score (nSPS) is 9.82. The van der Waals surface area contributed by atoms with E-state index in [2.05, 4.69) is 8.61 Å². The van der Waals surface area contributed by atoms with Gasteiger partial charge in [-0.25, -0.2) is 0 Å². The number of hydrogen-bond acceptors (Lipinski definition) is 3. The molecule has 0 saturated heterocycles. The van der Waals surface area contributed by atoms with E-state index in [0.717, 1.165) is 0 Å². The number of nitrogens with zero attached hydrogens (tertiary/aromatic N) is 2. The fraction of sp³-hybridized carbons (Fsp3) is 0. The average Bonchev–Trinajstić information content (AvgIpc) is 2.07. The molecule has 0 atom stereocenters. The molecule has 56 valence electrons. The van der Waals surface area contributed by atoms with Gasteiger partial charge in [0.1, 0.15) is 0 Å². The summed E-state index contributed by atoms with van der Waals surface area (Å²) in [5.74, 6) is 0.604. The monoisotopic (exact) mass is 258 g/mol. The van der Waals surface area contributed by atoms with Crippen LogP contribution in [0, 0.1) is 0 Å². The summed E-state index contributed by atoms with van der Waals surface area (Å²) >= 11 is -1.99. The van der Waals surface area contributed by atoms with E-state index >= 15 is 0 Å². The third-order valence-corrected chi connectivity index (χ3v) is 1.52. The Balaban J connectivity index is 2.51. The predicted octanol–water partition coefficient (Wildman–Crippen LogP) is 1.13. The molecule has 0 unspecified atom stereocenters. The summed E-state index contributed by atoms with van der Waals surface area (Å²) in [6, 6.07) is 9.01. The molecule has 1 aromatic carbocycles. The zero-order valence-corrected chi connectivity index (χ0v) is 8.97. The van der Waals surface area contributed by atoms with Crippen LogP contribution in [0.4, 0.5) is 0 Å². The third kappa shape index (κ3) is 3.22. The zero-order valence-electron chi connectivity index (χ0n) is 5.68. The molecule has 11 heavy (non-hydrogen) atoms. The van der Waals surface area contributed by atoms with E-state index in [-0.39, 0.29) is 0 Å². The van der Waals surface area contributed by atoms with Gasteiger partial charge < -0.3 is 0 Å². The summed E-state index contributed by atoms with van der Waals surface area (Å²) in [6.07, 6.45) is 0. The van der Waals surface area contributed by atoms with E-state index < -0.39 is 21.4 Å². The average molecular weight is 257 g/mol. The molecular formula is C6H6N2O2Sn. The molecule has 0 aliphatic heterocycles. The first-order valence-electron chi connectivity index (χ1n) is 2.99. The Morgan fingerprint density at radius 3 is 2.64 bits per heavy atom. The van der Waals surface area contributed by atoms with Gasteiger partial charge in [0.15, 0.2) is 0 Å². The molecule has 0 saturated carbocycles. The van der Waals surface area contributed by atoms with E-state index in [0.29, 0.717) is 5.75 Å². The molecule has 1 aromatic rings. The van der Waals surface area contributed by atoms with Crippen molar-refractivity contribution in [2.45, 2.75) is 0 Å². The molecule has 0 bridgehead atoms. The van der Waals surface area contributed by atoms with Gasteiger partial charge in [-0.2, -0.15) is 0 Å². The van der Waals surface area contributed by atoms with Crippen LogP contribution < -0.4 is 4.84 Å². The van der Waals surface area contributed by atoms with Crippen LogP contribution in [0.2, 0.25) is 0 Å². The second kappa shape index (κ2) is 4.95. The van der Waals surface area contributed by atoms with E-state index in [4.69, 9.17) is 4.84 Å². The van der Waals surface area contributed by atoms with Gasteiger partial charge in [0.05, 0.1) is 0 Å². The van der Waals surface area contributed by atoms with Gasteiger partial charge in [-0.05, 0) is 0 Å². The van der Waals surface area contributed by atoms with Crippen molar-refractivity contribution in [3.05, 3.63) is 30.3 Å². The Morgan fingerprint density at radius 2 is 2.00 bits per heavy atom. The SMILES string of the molecule is [O]=[SnH][N]=NOc1ccccc1. The van der Waals surface area contributed by atoms with Crippen LogP contribution in [-0.2, 0) is 3.08 Å². The van der Waals surface area contributed by atoms with Crippen molar-refractivity contribution >= 4 is 21.4 Å². The van der Waals surface area contributed by atoms with Crippen molar-refractivity contribution in [3.8, 4) is 5.75 Å². The molecule has 0 heterocycles. The van der Waals surface area contributed by atoms with Gasteiger partial charge in [0.25, 0.3) is 0 Å². The van der Waals surface area contributed by atoms with Gasteiger partial charge in [-0.15, -0.1) is 0 Å². The molecule has 0 N–H and O–H groups in total. The Kier molecular flexibility index (Phi) is 3.74. The standard InChI is InChI=1S/C6H5N2O.O.Sn.H/c7-8-9-6-4-2-1-3-5-6;;;/h1-5H;;;/q-1;;+1;. The van der Waals surface area contributed by atoms with Gasteiger partial charge >= 0.3 is 74.0 Å². The number of para-hydroxylation sites is 1. The molecule has 0 fully saturated rings. The van der Waals surface area contributed by atoms with Crippen LogP contribution in [0.5, 0.6) is 5.75 Å². The van der Waals surface area contributed by atoms with E-state index in [1.807, 2.05) is 18.2 Å². The minimum absolute atomic E-state index is 0.604. The molecule has 1 rings (SSSR count). The first-order valence-corrected chi connectivity index (χ1v) is 5.81. The maximum absolute atomic E-state index is 9.97. The first-order chi connectivity index (χ1) is 5.43. The molecule has 0 radical (unpaired) electrons. The summed E-state index contributed by atoms with van der Waals surface area (Å²) < 4.78 is 13.3. The number of benzene rings is 1. The van der Waals surface area contributed by atoms with Crippen LogP contribution >= 0.6 is 0 Å². The summed E-state index contributed by atoms with van der Waals surface area (Å²) in [4.78, 5) is 4.75. The van der Waals surface area contributed by atoms with Gasteiger partial charge in [-0.3, -0.25) is 0 Å². The van der Waals surface area contributed by atoms with Gasteiger partial charge in [0.2, 0.25) is 0 Å². The molecule has 0 aliphatic carbocycles. The molecular weight excluding hydrogens is 251 g/mol. The van der Waals surface area contributed by atoms with Crippen molar-refractivity contribution in [1.29, 1.82) is 0 Å². The van der Waals surface area contributed by atoms with Gasteiger partial charge in [0, 0.05) is 0 Å². The molecule has 0 amide bonds. The summed E-state index contributed by atoms with van der Waals surface area (Å²) in [5.41, 5.74) is 0. The molecule has 0 aromatic heterocycles. The maximum atomic E-state index is 9.97. The molecule has 0 aliphatic rings. The van der Waals surface area contributed by atoms with Crippen molar-refractivity contribution in [2.24, 2.45) is 8.61 Å². The second-order valence-electron chi connectivity index (χ2n) is 1.71. The van der Waals surface area contributed by atoms with E-state index in [1.54, 1.807) is 12.1 Å². The minimum atomic E-state index is -1.99.